The van der Waals surface area contributed by atoms with Crippen LogP contribution in [0.1, 0.15) is 22.8 Å². The van der Waals surface area contributed by atoms with Gasteiger partial charge in [-0.2, -0.15) is 8.78 Å². The minimum atomic E-state index is -2.98. The molecule has 0 atom stereocenters. The first-order valence-electron chi connectivity index (χ1n) is 8.14. The van der Waals surface area contributed by atoms with Gasteiger partial charge in [0, 0.05) is 16.7 Å². The Kier molecular flexibility index (Phi) is 7.76. The number of alkyl halides is 2. The van der Waals surface area contributed by atoms with Crippen molar-refractivity contribution in [3.05, 3.63) is 64.7 Å². The van der Waals surface area contributed by atoms with Crippen LogP contribution in [0.4, 0.5) is 8.78 Å². The van der Waals surface area contributed by atoms with E-state index in [1.54, 1.807) is 25.1 Å². The predicted molar refractivity (Wildman–Crippen MR) is 100 cm³/mol. The molecule has 9 heteroatoms. The lowest BCUT2D eigenvalue weighted by molar-refractivity contribution is -0.117. The summed E-state index contributed by atoms with van der Waals surface area (Å²) in [5.74, 6) is -1.11. The van der Waals surface area contributed by atoms with Gasteiger partial charge in [0.1, 0.15) is 0 Å². The number of nitrogens with one attached hydrogen (secondary N) is 2. The number of carbonyl (C=O) groups is 2. The second-order valence-electron chi connectivity index (χ2n) is 5.30. The summed E-state index contributed by atoms with van der Waals surface area (Å²) in [7, 11) is 0. The molecule has 148 valence electrons. The van der Waals surface area contributed by atoms with Crippen LogP contribution in [0.15, 0.2) is 48.5 Å². The zero-order valence-electron chi connectivity index (χ0n) is 14.7. The number of carbonyl (C=O) groups excluding carboxylic acids is 2. The lowest BCUT2D eigenvalue weighted by atomic mass is 10.2. The van der Waals surface area contributed by atoms with E-state index in [2.05, 4.69) is 15.6 Å². The van der Waals surface area contributed by atoms with Gasteiger partial charge in [-0.3, -0.25) is 20.4 Å². The SMILES string of the molecule is CCOc1cc(/C=C/C(=O)NNC(=O)c2cccc(Cl)c2)ccc1OC(F)F. The molecular formula is C19H17ClF2N2O4. The first-order chi connectivity index (χ1) is 13.4. The van der Waals surface area contributed by atoms with Crippen molar-refractivity contribution < 1.29 is 27.8 Å². The number of hydrazine groups is 1. The van der Waals surface area contributed by atoms with Gasteiger partial charge in [-0.25, -0.2) is 0 Å². The molecule has 6 nitrogen and oxygen atoms in total. The molecule has 0 fully saturated rings. The van der Waals surface area contributed by atoms with E-state index in [0.29, 0.717) is 10.6 Å². The lowest BCUT2D eigenvalue weighted by Crippen LogP contribution is -2.40. The molecule has 0 unspecified atom stereocenters. The van der Waals surface area contributed by atoms with Crippen LogP contribution in [0.3, 0.4) is 0 Å². The van der Waals surface area contributed by atoms with Crippen LogP contribution in [0.25, 0.3) is 6.08 Å². The number of rotatable bonds is 7. The lowest BCUT2D eigenvalue weighted by Gasteiger charge is -2.11. The summed E-state index contributed by atoms with van der Waals surface area (Å²) < 4.78 is 34.4. The van der Waals surface area contributed by atoms with Crippen LogP contribution in [-0.2, 0) is 4.79 Å². The molecule has 2 aromatic rings. The van der Waals surface area contributed by atoms with Crippen LogP contribution < -0.4 is 20.3 Å². The third-order valence-corrected chi connectivity index (χ3v) is 3.53. The highest BCUT2D eigenvalue weighted by Crippen LogP contribution is 2.30. The third-order valence-electron chi connectivity index (χ3n) is 3.30. The molecule has 0 aromatic heterocycles. The van der Waals surface area contributed by atoms with E-state index in [9.17, 15) is 18.4 Å². The molecule has 0 aliphatic carbocycles. The first kappa shape index (κ1) is 21.2. The highest BCUT2D eigenvalue weighted by atomic mass is 35.5. The van der Waals surface area contributed by atoms with Crippen molar-refractivity contribution in [1.82, 2.24) is 10.9 Å². The smallest absolute Gasteiger partial charge is 0.387 e. The van der Waals surface area contributed by atoms with E-state index in [1.807, 2.05) is 0 Å². The average molecular weight is 411 g/mol. The standard InChI is InChI=1S/C19H17ClF2N2O4/c1-2-27-16-10-12(6-8-15(16)28-19(21)22)7-9-17(25)23-24-18(26)13-4-3-5-14(20)11-13/h3-11,19H,2H2,1H3,(H,23,25)(H,24,26)/b9-7+. The highest BCUT2D eigenvalue weighted by molar-refractivity contribution is 6.30. The summed E-state index contributed by atoms with van der Waals surface area (Å²) in [6, 6.07) is 10.5. The van der Waals surface area contributed by atoms with Crippen molar-refractivity contribution >= 4 is 29.5 Å². The van der Waals surface area contributed by atoms with Gasteiger partial charge in [-0.05, 0) is 48.9 Å². The van der Waals surface area contributed by atoms with Crippen LogP contribution in [0.2, 0.25) is 5.02 Å². The zero-order chi connectivity index (χ0) is 20.5. The molecule has 2 N–H and O–H groups in total. The predicted octanol–water partition coefficient (Wildman–Crippen LogP) is 3.81. The summed E-state index contributed by atoms with van der Waals surface area (Å²) in [5.41, 5.74) is 5.27. The topological polar surface area (TPSA) is 76.7 Å². The Morgan fingerprint density at radius 1 is 1.14 bits per heavy atom. The summed E-state index contributed by atoms with van der Waals surface area (Å²) >= 11 is 5.80. The molecule has 2 amide bonds. The molecule has 2 rings (SSSR count). The second kappa shape index (κ2) is 10.3. The Labute approximate surface area is 165 Å². The molecule has 0 saturated carbocycles. The largest absolute Gasteiger partial charge is 0.490 e. The maximum atomic E-state index is 12.4. The van der Waals surface area contributed by atoms with Gasteiger partial charge in [0.2, 0.25) is 0 Å². The van der Waals surface area contributed by atoms with Crippen molar-refractivity contribution in [1.29, 1.82) is 0 Å². The molecule has 0 aliphatic rings. The molecule has 28 heavy (non-hydrogen) atoms. The second-order valence-corrected chi connectivity index (χ2v) is 5.74. The molecule has 0 bridgehead atoms. The van der Waals surface area contributed by atoms with Crippen LogP contribution >= 0.6 is 11.6 Å². The summed E-state index contributed by atoms with van der Waals surface area (Å²) in [4.78, 5) is 23.8. The van der Waals surface area contributed by atoms with Gasteiger partial charge in [-0.15, -0.1) is 0 Å². The van der Waals surface area contributed by atoms with Crippen molar-refractivity contribution in [3.63, 3.8) is 0 Å². The summed E-state index contributed by atoms with van der Waals surface area (Å²) in [6.45, 7) is -1.03. The van der Waals surface area contributed by atoms with E-state index in [1.165, 1.54) is 30.3 Å². The average Bonchev–Trinajstić information content (AvgIpc) is 2.66. The fourth-order valence-electron chi connectivity index (χ4n) is 2.12. The maximum Gasteiger partial charge on any atom is 0.387 e. The minimum Gasteiger partial charge on any atom is -0.490 e. The zero-order valence-corrected chi connectivity index (χ0v) is 15.5. The monoisotopic (exact) mass is 410 g/mol. The van der Waals surface area contributed by atoms with E-state index >= 15 is 0 Å². The molecular weight excluding hydrogens is 394 g/mol. The minimum absolute atomic E-state index is 0.104. The van der Waals surface area contributed by atoms with Gasteiger partial charge in [0.05, 0.1) is 6.61 Å². The van der Waals surface area contributed by atoms with Gasteiger partial charge in [0.25, 0.3) is 11.8 Å². The van der Waals surface area contributed by atoms with Crippen LogP contribution in [0, 0.1) is 0 Å². The number of halogens is 3. The van der Waals surface area contributed by atoms with Gasteiger partial charge in [0.15, 0.2) is 11.5 Å². The normalized spacial score (nSPS) is 10.8. The molecule has 0 spiro atoms. The maximum absolute atomic E-state index is 12.4. The van der Waals surface area contributed by atoms with Crippen LogP contribution in [0.5, 0.6) is 11.5 Å². The number of benzene rings is 2. The molecule has 0 aliphatic heterocycles. The summed E-state index contributed by atoms with van der Waals surface area (Å²) in [6.07, 6.45) is 2.59. The van der Waals surface area contributed by atoms with Crippen molar-refractivity contribution in [3.8, 4) is 11.5 Å². The summed E-state index contributed by atoms with van der Waals surface area (Å²) in [5, 5.41) is 0.392. The third kappa shape index (κ3) is 6.55. The molecule has 2 aromatic carbocycles. The number of hydrogen-bond acceptors (Lipinski definition) is 4. The highest BCUT2D eigenvalue weighted by Gasteiger charge is 2.11. The fourth-order valence-corrected chi connectivity index (χ4v) is 2.31. The molecule has 0 radical (unpaired) electrons. The van der Waals surface area contributed by atoms with Crippen molar-refractivity contribution in [2.45, 2.75) is 13.5 Å². The Morgan fingerprint density at radius 2 is 1.93 bits per heavy atom. The first-order valence-corrected chi connectivity index (χ1v) is 8.52. The number of ether oxygens (including phenoxy) is 2. The number of hydrogen-bond donors (Lipinski definition) is 2. The van der Waals surface area contributed by atoms with Gasteiger partial charge >= 0.3 is 6.61 Å². The van der Waals surface area contributed by atoms with E-state index in [0.717, 1.165) is 6.08 Å². The van der Waals surface area contributed by atoms with E-state index < -0.39 is 18.4 Å². The van der Waals surface area contributed by atoms with Crippen molar-refractivity contribution in [2.75, 3.05) is 6.61 Å². The molecule has 0 saturated heterocycles. The van der Waals surface area contributed by atoms with Crippen LogP contribution in [-0.4, -0.2) is 25.0 Å². The van der Waals surface area contributed by atoms with E-state index in [-0.39, 0.29) is 23.7 Å². The van der Waals surface area contributed by atoms with Gasteiger partial charge < -0.3 is 9.47 Å². The Hall–Kier alpha value is -3.13. The Morgan fingerprint density at radius 3 is 2.61 bits per heavy atom. The van der Waals surface area contributed by atoms with Gasteiger partial charge in [-0.1, -0.05) is 23.7 Å². The van der Waals surface area contributed by atoms with E-state index in [4.69, 9.17) is 16.3 Å². The molecule has 0 heterocycles. The fraction of sp³-hybridized carbons (Fsp3) is 0.158. The van der Waals surface area contributed by atoms with Crippen molar-refractivity contribution in [2.24, 2.45) is 0 Å². The number of amides is 2. The Bertz CT molecular complexity index is 875. The quantitative estimate of drug-likeness (QED) is 0.537. The Balaban J connectivity index is 1.97.